The van der Waals surface area contributed by atoms with Crippen LogP contribution in [-0.4, -0.2) is 29.4 Å². The van der Waals surface area contributed by atoms with E-state index in [9.17, 15) is 0 Å². The first-order chi connectivity index (χ1) is 5.74. The summed E-state index contributed by atoms with van der Waals surface area (Å²) in [5, 5.41) is 0. The molecule has 12 heavy (non-hydrogen) atoms. The maximum atomic E-state index is 3.74. The molecule has 0 N–H and O–H groups in total. The van der Waals surface area contributed by atoms with E-state index in [0.717, 1.165) is 16.7 Å². The summed E-state index contributed by atoms with van der Waals surface area (Å²) in [6, 6.07) is 0. The van der Waals surface area contributed by atoms with Crippen molar-refractivity contribution in [1.29, 1.82) is 0 Å². The monoisotopic (exact) mass is 231 g/mol. The van der Waals surface area contributed by atoms with Gasteiger partial charge in [0.05, 0.1) is 0 Å². The first-order valence-corrected chi connectivity index (χ1v) is 6.02. The lowest BCUT2D eigenvalue weighted by molar-refractivity contribution is 0.184. The largest absolute Gasteiger partial charge is 0.302 e. The second-order valence-electron chi connectivity index (χ2n) is 4.60. The number of likely N-dealkylation sites (tertiary alicyclic amines) is 1. The Morgan fingerprint density at radius 3 is 2.67 bits per heavy atom. The van der Waals surface area contributed by atoms with Crippen LogP contribution < -0.4 is 0 Å². The Morgan fingerprint density at radius 2 is 2.08 bits per heavy atom. The van der Waals surface area contributed by atoms with Crippen molar-refractivity contribution in [3.05, 3.63) is 0 Å². The molecular weight excluding hydrogens is 214 g/mol. The molecule has 2 rings (SSSR count). The highest BCUT2D eigenvalue weighted by Crippen LogP contribution is 2.32. The van der Waals surface area contributed by atoms with Crippen molar-refractivity contribution in [1.82, 2.24) is 4.90 Å². The van der Waals surface area contributed by atoms with Crippen LogP contribution in [0.2, 0.25) is 0 Å². The minimum atomic E-state index is 0.750. The predicted molar refractivity (Wildman–Crippen MR) is 55.7 cm³/mol. The lowest BCUT2D eigenvalue weighted by atomic mass is 10.00. The normalized spacial score (nSPS) is 38.5. The fourth-order valence-corrected chi connectivity index (χ4v) is 3.24. The molecule has 1 aliphatic carbocycles. The van der Waals surface area contributed by atoms with Crippen LogP contribution in [0.1, 0.15) is 26.2 Å². The van der Waals surface area contributed by atoms with Crippen molar-refractivity contribution >= 4 is 15.9 Å². The molecule has 1 aliphatic heterocycles. The molecule has 2 unspecified atom stereocenters. The van der Waals surface area contributed by atoms with E-state index in [-0.39, 0.29) is 0 Å². The Kier molecular flexibility index (Phi) is 2.75. The van der Waals surface area contributed by atoms with Gasteiger partial charge in [-0.05, 0) is 31.1 Å². The first kappa shape index (κ1) is 9.01. The van der Waals surface area contributed by atoms with E-state index in [1.165, 1.54) is 38.9 Å². The van der Waals surface area contributed by atoms with Gasteiger partial charge in [-0.25, -0.2) is 0 Å². The summed E-state index contributed by atoms with van der Waals surface area (Å²) in [5.74, 6) is 1.94. The topological polar surface area (TPSA) is 3.24 Å². The summed E-state index contributed by atoms with van der Waals surface area (Å²) in [4.78, 5) is 3.39. The molecule has 0 radical (unpaired) electrons. The predicted octanol–water partition coefficient (Wildman–Crippen LogP) is 2.50. The number of piperidine rings is 1. The van der Waals surface area contributed by atoms with Crippen LogP contribution in [0.15, 0.2) is 0 Å². The van der Waals surface area contributed by atoms with Crippen LogP contribution in [-0.2, 0) is 0 Å². The van der Waals surface area contributed by atoms with E-state index in [2.05, 4.69) is 27.8 Å². The molecule has 0 spiro atoms. The highest BCUT2D eigenvalue weighted by atomic mass is 79.9. The number of rotatable bonds is 2. The van der Waals surface area contributed by atoms with Crippen LogP contribution >= 0.6 is 15.9 Å². The molecule has 2 heteroatoms. The third-order valence-electron chi connectivity index (χ3n) is 2.90. The smallest absolute Gasteiger partial charge is 0.0276 e. The number of hydrogen-bond acceptors (Lipinski definition) is 1. The van der Waals surface area contributed by atoms with Crippen molar-refractivity contribution in [2.45, 2.75) is 31.0 Å². The van der Waals surface area contributed by atoms with Gasteiger partial charge in [0, 0.05) is 24.5 Å². The number of alkyl halides is 1. The minimum absolute atomic E-state index is 0.750. The summed E-state index contributed by atoms with van der Waals surface area (Å²) in [5.41, 5.74) is 0. The first-order valence-electron chi connectivity index (χ1n) is 5.10. The summed E-state index contributed by atoms with van der Waals surface area (Å²) in [6.07, 6.45) is 4.33. The van der Waals surface area contributed by atoms with Gasteiger partial charge < -0.3 is 4.90 Å². The summed E-state index contributed by atoms with van der Waals surface area (Å²) in [6.45, 7) is 6.35. The molecule has 70 valence electrons. The molecule has 0 amide bonds. The highest BCUT2D eigenvalue weighted by Gasteiger charge is 2.28. The molecule has 1 heterocycles. The van der Waals surface area contributed by atoms with Gasteiger partial charge in [-0.1, -0.05) is 22.9 Å². The molecule has 2 atom stereocenters. The fourth-order valence-electron chi connectivity index (χ4n) is 2.20. The maximum absolute atomic E-state index is 3.74. The maximum Gasteiger partial charge on any atom is 0.0276 e. The second-order valence-corrected chi connectivity index (χ2v) is 5.90. The van der Waals surface area contributed by atoms with Crippen LogP contribution in [0.3, 0.4) is 0 Å². The Balaban J connectivity index is 1.79. The SMILES string of the molecule is CC1CC(Br)CN(CC2CC2)C1. The van der Waals surface area contributed by atoms with Gasteiger partial charge in [0.15, 0.2) is 0 Å². The molecule has 2 fully saturated rings. The summed E-state index contributed by atoms with van der Waals surface area (Å²) in [7, 11) is 0. The lowest BCUT2D eigenvalue weighted by Crippen LogP contribution is -2.41. The van der Waals surface area contributed by atoms with Crippen molar-refractivity contribution in [2.75, 3.05) is 19.6 Å². The Bertz CT molecular complexity index is 143. The van der Waals surface area contributed by atoms with Gasteiger partial charge in [-0.15, -0.1) is 0 Å². The minimum Gasteiger partial charge on any atom is -0.302 e. The fraction of sp³-hybridized carbons (Fsp3) is 1.00. The molecular formula is C10H18BrN. The van der Waals surface area contributed by atoms with E-state index in [1.807, 2.05) is 0 Å². The lowest BCUT2D eigenvalue weighted by Gasteiger charge is -2.34. The van der Waals surface area contributed by atoms with Gasteiger partial charge in [0.2, 0.25) is 0 Å². The Labute approximate surface area is 83.6 Å². The van der Waals surface area contributed by atoms with Gasteiger partial charge >= 0.3 is 0 Å². The molecule has 1 saturated heterocycles. The average molecular weight is 232 g/mol. The molecule has 2 aliphatic rings. The molecule has 1 nitrogen and oxygen atoms in total. The van der Waals surface area contributed by atoms with E-state index in [4.69, 9.17) is 0 Å². The van der Waals surface area contributed by atoms with Crippen molar-refractivity contribution in [3.8, 4) is 0 Å². The number of nitrogens with zero attached hydrogens (tertiary/aromatic N) is 1. The Hall–Kier alpha value is 0.440. The third-order valence-corrected chi connectivity index (χ3v) is 3.56. The van der Waals surface area contributed by atoms with Crippen LogP contribution in [0.4, 0.5) is 0 Å². The standard InChI is InChI=1S/C10H18BrN/c1-8-4-10(11)7-12(5-8)6-9-2-3-9/h8-10H,2-7H2,1H3. The molecule has 1 saturated carbocycles. The zero-order valence-electron chi connectivity index (χ0n) is 7.80. The van der Waals surface area contributed by atoms with Gasteiger partial charge in [-0.2, -0.15) is 0 Å². The van der Waals surface area contributed by atoms with E-state index < -0.39 is 0 Å². The second kappa shape index (κ2) is 3.67. The summed E-state index contributed by atoms with van der Waals surface area (Å²) < 4.78 is 0. The highest BCUT2D eigenvalue weighted by molar-refractivity contribution is 9.09. The van der Waals surface area contributed by atoms with Crippen LogP contribution in [0, 0.1) is 11.8 Å². The quantitative estimate of drug-likeness (QED) is 0.661. The third kappa shape index (κ3) is 2.46. The molecule has 0 aromatic rings. The van der Waals surface area contributed by atoms with E-state index in [1.54, 1.807) is 0 Å². The van der Waals surface area contributed by atoms with Gasteiger partial charge in [0.1, 0.15) is 0 Å². The van der Waals surface area contributed by atoms with Gasteiger partial charge in [0.25, 0.3) is 0 Å². The zero-order valence-corrected chi connectivity index (χ0v) is 9.39. The molecule has 0 aromatic carbocycles. The van der Waals surface area contributed by atoms with Crippen molar-refractivity contribution in [2.24, 2.45) is 11.8 Å². The van der Waals surface area contributed by atoms with E-state index in [0.29, 0.717) is 0 Å². The van der Waals surface area contributed by atoms with Crippen molar-refractivity contribution < 1.29 is 0 Å². The van der Waals surface area contributed by atoms with Crippen LogP contribution in [0.25, 0.3) is 0 Å². The average Bonchev–Trinajstić information content (AvgIpc) is 2.68. The molecule has 0 aromatic heterocycles. The Morgan fingerprint density at radius 1 is 1.33 bits per heavy atom. The molecule has 0 bridgehead atoms. The number of hydrogen-bond donors (Lipinski definition) is 0. The van der Waals surface area contributed by atoms with Crippen molar-refractivity contribution in [3.63, 3.8) is 0 Å². The van der Waals surface area contributed by atoms with Gasteiger partial charge in [-0.3, -0.25) is 0 Å². The zero-order chi connectivity index (χ0) is 8.55. The van der Waals surface area contributed by atoms with Crippen LogP contribution in [0.5, 0.6) is 0 Å². The number of halogens is 1. The van der Waals surface area contributed by atoms with E-state index >= 15 is 0 Å². The summed E-state index contributed by atoms with van der Waals surface area (Å²) >= 11 is 3.74.